The Bertz CT molecular complexity index is 1220. The van der Waals surface area contributed by atoms with Gasteiger partial charge in [-0.3, -0.25) is 0 Å². The van der Waals surface area contributed by atoms with E-state index in [4.69, 9.17) is 5.73 Å². The van der Waals surface area contributed by atoms with Gasteiger partial charge in [0.2, 0.25) is 0 Å². The van der Waals surface area contributed by atoms with E-state index in [2.05, 4.69) is 71.7 Å². The number of hydrogen-bond donors (Lipinski definition) is 1. The fourth-order valence-electron chi connectivity index (χ4n) is 3.43. The number of aromatic nitrogens is 1. The van der Waals surface area contributed by atoms with Crippen LogP contribution in [0, 0.1) is 0 Å². The Morgan fingerprint density at radius 2 is 1.50 bits per heavy atom. The highest BCUT2D eigenvalue weighted by Gasteiger charge is 2.11. The van der Waals surface area contributed by atoms with Crippen molar-refractivity contribution in [1.29, 1.82) is 0 Å². The Morgan fingerprint density at radius 3 is 2.29 bits per heavy atom. The molecule has 0 radical (unpaired) electrons. The molecule has 5 rings (SSSR count). The predicted molar refractivity (Wildman–Crippen MR) is 104 cm³/mol. The molecule has 0 unspecified atom stereocenters. The van der Waals surface area contributed by atoms with Gasteiger partial charge in [0.1, 0.15) is 0 Å². The summed E-state index contributed by atoms with van der Waals surface area (Å²) in [4.78, 5) is 4.50. The van der Waals surface area contributed by atoms with Gasteiger partial charge in [-0.1, -0.05) is 54.6 Å². The number of nitrogen functional groups attached to an aromatic ring is 1. The van der Waals surface area contributed by atoms with Crippen LogP contribution < -0.4 is 5.73 Å². The quantitative estimate of drug-likeness (QED) is 0.310. The summed E-state index contributed by atoms with van der Waals surface area (Å²) in [5, 5.41) is 10.1. The Labute approximate surface area is 143 Å². The standard InChI is InChI=1S/C21H14N2S/c22-21-23-19(12-24-21)17-7-3-6-13-8-9-16-10-14-4-1-2-5-15(14)11-18(16)20(13)17/h1-12H,(H2,22,23). The SMILES string of the molecule is Nc1nc(-c2cccc3ccc4cc5ccccc5cc4c23)cs1. The average Bonchev–Trinajstić information content (AvgIpc) is 3.05. The van der Waals surface area contributed by atoms with Crippen LogP contribution in [0.1, 0.15) is 0 Å². The first-order valence-electron chi connectivity index (χ1n) is 7.85. The molecule has 1 heterocycles. The van der Waals surface area contributed by atoms with Crippen molar-refractivity contribution in [2.24, 2.45) is 0 Å². The van der Waals surface area contributed by atoms with Gasteiger partial charge < -0.3 is 5.73 Å². The van der Waals surface area contributed by atoms with Crippen LogP contribution in [0.25, 0.3) is 43.6 Å². The second kappa shape index (κ2) is 5.05. The summed E-state index contributed by atoms with van der Waals surface area (Å²) in [5.74, 6) is 0. The normalized spacial score (nSPS) is 11.5. The lowest BCUT2D eigenvalue weighted by atomic mass is 9.94. The van der Waals surface area contributed by atoms with Crippen molar-refractivity contribution in [2.45, 2.75) is 0 Å². The fraction of sp³-hybridized carbons (Fsp3) is 0. The zero-order valence-corrected chi connectivity index (χ0v) is 13.7. The van der Waals surface area contributed by atoms with Gasteiger partial charge in [0, 0.05) is 10.9 Å². The summed E-state index contributed by atoms with van der Waals surface area (Å²) in [6.45, 7) is 0. The monoisotopic (exact) mass is 326 g/mol. The van der Waals surface area contributed by atoms with E-state index in [0.29, 0.717) is 5.13 Å². The molecule has 4 aromatic carbocycles. The van der Waals surface area contributed by atoms with Crippen molar-refractivity contribution in [1.82, 2.24) is 4.98 Å². The lowest BCUT2D eigenvalue weighted by molar-refractivity contribution is 1.42. The van der Waals surface area contributed by atoms with Crippen LogP contribution in [0.4, 0.5) is 5.13 Å². The maximum absolute atomic E-state index is 5.85. The molecule has 0 aliphatic carbocycles. The van der Waals surface area contributed by atoms with Crippen molar-refractivity contribution in [2.75, 3.05) is 5.73 Å². The van der Waals surface area contributed by atoms with Gasteiger partial charge in [-0.15, -0.1) is 11.3 Å². The molecule has 0 spiro atoms. The number of anilines is 1. The number of fused-ring (bicyclic) bond motifs is 4. The first kappa shape index (κ1) is 13.5. The topological polar surface area (TPSA) is 38.9 Å². The Kier molecular flexibility index (Phi) is 2.84. The number of rotatable bonds is 1. The average molecular weight is 326 g/mol. The van der Waals surface area contributed by atoms with Crippen molar-refractivity contribution >= 4 is 48.8 Å². The van der Waals surface area contributed by atoms with E-state index >= 15 is 0 Å². The molecule has 5 aromatic rings. The smallest absolute Gasteiger partial charge is 0.180 e. The van der Waals surface area contributed by atoms with Crippen molar-refractivity contribution in [3.63, 3.8) is 0 Å². The summed E-state index contributed by atoms with van der Waals surface area (Å²) < 4.78 is 0. The highest BCUT2D eigenvalue weighted by Crippen LogP contribution is 2.36. The van der Waals surface area contributed by atoms with Crippen LogP contribution >= 0.6 is 11.3 Å². The van der Waals surface area contributed by atoms with E-state index in [0.717, 1.165) is 11.3 Å². The van der Waals surface area contributed by atoms with Crippen LogP contribution in [-0.4, -0.2) is 4.98 Å². The second-order valence-corrected chi connectivity index (χ2v) is 6.85. The van der Waals surface area contributed by atoms with Gasteiger partial charge in [-0.2, -0.15) is 0 Å². The van der Waals surface area contributed by atoms with E-state index in [-0.39, 0.29) is 0 Å². The Morgan fingerprint density at radius 1 is 0.750 bits per heavy atom. The van der Waals surface area contributed by atoms with Gasteiger partial charge in [0.15, 0.2) is 5.13 Å². The summed E-state index contributed by atoms with van der Waals surface area (Å²) in [6, 6.07) is 23.8. The molecule has 2 N–H and O–H groups in total. The maximum Gasteiger partial charge on any atom is 0.180 e. The van der Waals surface area contributed by atoms with Gasteiger partial charge in [-0.25, -0.2) is 4.98 Å². The summed E-state index contributed by atoms with van der Waals surface area (Å²) in [6.07, 6.45) is 0. The van der Waals surface area contributed by atoms with E-state index in [9.17, 15) is 0 Å². The zero-order valence-electron chi connectivity index (χ0n) is 12.9. The van der Waals surface area contributed by atoms with Gasteiger partial charge in [0.05, 0.1) is 5.69 Å². The molecule has 114 valence electrons. The Hall–Kier alpha value is -2.91. The van der Waals surface area contributed by atoms with E-state index < -0.39 is 0 Å². The molecule has 0 saturated carbocycles. The second-order valence-electron chi connectivity index (χ2n) is 5.96. The minimum Gasteiger partial charge on any atom is -0.375 e. The van der Waals surface area contributed by atoms with Crippen LogP contribution in [0.15, 0.2) is 72.1 Å². The molecule has 0 aliphatic rings. The van der Waals surface area contributed by atoms with E-state index in [1.165, 1.54) is 43.7 Å². The van der Waals surface area contributed by atoms with Gasteiger partial charge >= 0.3 is 0 Å². The lowest BCUT2D eigenvalue weighted by Crippen LogP contribution is -1.86. The van der Waals surface area contributed by atoms with Crippen molar-refractivity contribution in [3.8, 4) is 11.3 Å². The van der Waals surface area contributed by atoms with Crippen LogP contribution in [0.5, 0.6) is 0 Å². The van der Waals surface area contributed by atoms with Gasteiger partial charge in [-0.05, 0) is 44.5 Å². The predicted octanol–water partition coefficient (Wildman–Crippen LogP) is 5.85. The number of thiazole rings is 1. The Balaban J connectivity index is 1.96. The first-order valence-corrected chi connectivity index (χ1v) is 8.73. The van der Waals surface area contributed by atoms with Crippen molar-refractivity contribution in [3.05, 3.63) is 72.1 Å². The van der Waals surface area contributed by atoms with Crippen LogP contribution in [0.3, 0.4) is 0 Å². The molecule has 0 fully saturated rings. The molecular weight excluding hydrogens is 312 g/mol. The zero-order chi connectivity index (χ0) is 16.1. The first-order chi connectivity index (χ1) is 11.8. The van der Waals surface area contributed by atoms with Crippen molar-refractivity contribution < 1.29 is 0 Å². The molecule has 0 aliphatic heterocycles. The molecule has 24 heavy (non-hydrogen) atoms. The summed E-state index contributed by atoms with van der Waals surface area (Å²) >= 11 is 1.48. The molecule has 3 heteroatoms. The molecule has 0 bridgehead atoms. The fourth-order valence-corrected chi connectivity index (χ4v) is 3.99. The number of hydrogen-bond acceptors (Lipinski definition) is 3. The third-order valence-corrected chi connectivity index (χ3v) is 5.20. The number of nitrogens with zero attached hydrogens (tertiary/aromatic N) is 1. The minimum absolute atomic E-state index is 0.604. The third kappa shape index (κ3) is 1.99. The molecule has 0 atom stereocenters. The van der Waals surface area contributed by atoms with Crippen LogP contribution in [-0.2, 0) is 0 Å². The summed E-state index contributed by atoms with van der Waals surface area (Å²) in [5.41, 5.74) is 7.94. The van der Waals surface area contributed by atoms with E-state index in [1.807, 2.05) is 5.38 Å². The highest BCUT2D eigenvalue weighted by molar-refractivity contribution is 7.13. The molecule has 1 aromatic heterocycles. The number of benzene rings is 4. The highest BCUT2D eigenvalue weighted by atomic mass is 32.1. The molecule has 0 amide bonds. The van der Waals surface area contributed by atoms with E-state index in [1.54, 1.807) is 0 Å². The summed E-state index contributed by atoms with van der Waals surface area (Å²) in [7, 11) is 0. The largest absolute Gasteiger partial charge is 0.375 e. The molecule has 2 nitrogen and oxygen atoms in total. The molecule has 0 saturated heterocycles. The minimum atomic E-state index is 0.604. The lowest BCUT2D eigenvalue weighted by Gasteiger charge is -2.10. The number of nitrogens with two attached hydrogens (primary N) is 1. The third-order valence-electron chi connectivity index (χ3n) is 4.52. The van der Waals surface area contributed by atoms with Gasteiger partial charge in [0.25, 0.3) is 0 Å². The molecular formula is C21H14N2S. The van der Waals surface area contributed by atoms with Crippen LogP contribution in [0.2, 0.25) is 0 Å². The maximum atomic E-state index is 5.85.